The number of fused-ring (bicyclic) bond motifs is 2. The van der Waals surface area contributed by atoms with Crippen LogP contribution >= 0.6 is 0 Å². The van der Waals surface area contributed by atoms with Crippen LogP contribution in [0.1, 0.15) is 17.2 Å². The van der Waals surface area contributed by atoms with Crippen molar-refractivity contribution in [3.05, 3.63) is 65.7 Å². The molecule has 2 aromatic carbocycles. The smallest absolute Gasteiger partial charge is 0.214 e. The van der Waals surface area contributed by atoms with Crippen molar-refractivity contribution < 1.29 is 0 Å². The zero-order valence-electron chi connectivity index (χ0n) is 12.6. The van der Waals surface area contributed by atoms with Gasteiger partial charge in [-0.05, 0) is 31.2 Å². The van der Waals surface area contributed by atoms with Crippen molar-refractivity contribution in [2.45, 2.75) is 13.5 Å². The molecular formula is C18H13N5. The summed E-state index contributed by atoms with van der Waals surface area (Å²) in [6.07, 6.45) is 0. The van der Waals surface area contributed by atoms with Crippen molar-refractivity contribution in [1.82, 2.24) is 19.5 Å². The summed E-state index contributed by atoms with van der Waals surface area (Å²) in [5.74, 6) is 0.389. The maximum absolute atomic E-state index is 9.37. The van der Waals surface area contributed by atoms with Gasteiger partial charge in [0.05, 0.1) is 40.0 Å². The number of aryl methyl sites for hydroxylation is 1. The highest BCUT2D eigenvalue weighted by atomic mass is 15.1. The van der Waals surface area contributed by atoms with Gasteiger partial charge in [0.25, 0.3) is 0 Å². The Morgan fingerprint density at radius 1 is 0.913 bits per heavy atom. The van der Waals surface area contributed by atoms with Crippen molar-refractivity contribution in [3.63, 3.8) is 0 Å². The Hall–Kier alpha value is -3.26. The van der Waals surface area contributed by atoms with E-state index in [9.17, 15) is 5.26 Å². The SMILES string of the molecule is Cc1nc2ccccc2nc1Cn1c(C#N)nc2ccccc21. The minimum atomic E-state index is 0.389. The second-order valence-corrected chi connectivity index (χ2v) is 5.37. The second-order valence-electron chi connectivity index (χ2n) is 5.37. The summed E-state index contributed by atoms with van der Waals surface area (Å²) in [5, 5.41) is 9.37. The van der Waals surface area contributed by atoms with Crippen LogP contribution in [0.4, 0.5) is 0 Å². The van der Waals surface area contributed by atoms with E-state index in [4.69, 9.17) is 4.98 Å². The highest BCUT2D eigenvalue weighted by Crippen LogP contribution is 2.19. The van der Waals surface area contributed by atoms with Crippen molar-refractivity contribution in [2.24, 2.45) is 0 Å². The second kappa shape index (κ2) is 5.18. The number of para-hydroxylation sites is 4. The van der Waals surface area contributed by atoms with E-state index < -0.39 is 0 Å². The van der Waals surface area contributed by atoms with Gasteiger partial charge in [-0.2, -0.15) is 5.26 Å². The highest BCUT2D eigenvalue weighted by Gasteiger charge is 2.13. The fourth-order valence-electron chi connectivity index (χ4n) is 2.75. The first-order chi connectivity index (χ1) is 11.3. The van der Waals surface area contributed by atoms with Crippen LogP contribution in [-0.4, -0.2) is 19.5 Å². The Bertz CT molecular complexity index is 1070. The third kappa shape index (κ3) is 2.21. The lowest BCUT2D eigenvalue weighted by molar-refractivity contribution is 0.774. The summed E-state index contributed by atoms with van der Waals surface area (Å²) in [6.45, 7) is 2.42. The van der Waals surface area contributed by atoms with Gasteiger partial charge < -0.3 is 4.57 Å². The zero-order chi connectivity index (χ0) is 15.8. The molecule has 0 saturated carbocycles. The van der Waals surface area contributed by atoms with Gasteiger partial charge in [-0.1, -0.05) is 24.3 Å². The van der Waals surface area contributed by atoms with Crippen LogP contribution in [0.3, 0.4) is 0 Å². The predicted molar refractivity (Wildman–Crippen MR) is 87.8 cm³/mol. The molecule has 0 amide bonds. The van der Waals surface area contributed by atoms with E-state index in [1.807, 2.05) is 60.0 Å². The molecule has 5 nitrogen and oxygen atoms in total. The molecule has 0 aliphatic carbocycles. The van der Waals surface area contributed by atoms with Crippen LogP contribution in [0.25, 0.3) is 22.1 Å². The van der Waals surface area contributed by atoms with E-state index in [0.29, 0.717) is 12.4 Å². The fourth-order valence-corrected chi connectivity index (χ4v) is 2.75. The average Bonchev–Trinajstić information content (AvgIpc) is 2.93. The van der Waals surface area contributed by atoms with Crippen LogP contribution in [0.15, 0.2) is 48.5 Å². The molecule has 0 saturated heterocycles. The highest BCUT2D eigenvalue weighted by molar-refractivity contribution is 5.77. The number of nitriles is 1. The molecule has 5 heteroatoms. The van der Waals surface area contributed by atoms with Gasteiger partial charge >= 0.3 is 0 Å². The molecular weight excluding hydrogens is 286 g/mol. The Morgan fingerprint density at radius 3 is 2.30 bits per heavy atom. The van der Waals surface area contributed by atoms with Gasteiger partial charge in [0.15, 0.2) is 0 Å². The first kappa shape index (κ1) is 13.4. The molecule has 0 fully saturated rings. The maximum Gasteiger partial charge on any atom is 0.214 e. The molecule has 0 spiro atoms. The normalized spacial score (nSPS) is 11.0. The third-order valence-corrected chi connectivity index (χ3v) is 3.91. The van der Waals surface area contributed by atoms with Crippen molar-refractivity contribution >= 4 is 22.1 Å². The standard InChI is InChI=1S/C18H13N5/c1-12-16(21-14-7-3-2-6-13(14)20-12)11-23-17-9-5-4-8-15(17)22-18(23)10-19/h2-9H,11H2,1H3. The quantitative estimate of drug-likeness (QED) is 0.570. The van der Waals surface area contributed by atoms with E-state index in [0.717, 1.165) is 33.5 Å². The minimum absolute atomic E-state index is 0.389. The van der Waals surface area contributed by atoms with Gasteiger partial charge in [0, 0.05) is 0 Å². The number of imidazole rings is 1. The summed E-state index contributed by atoms with van der Waals surface area (Å²) in [4.78, 5) is 13.7. The lowest BCUT2D eigenvalue weighted by atomic mass is 10.2. The Balaban J connectivity index is 1.88. The molecule has 4 aromatic rings. The average molecular weight is 299 g/mol. The Kier molecular flexibility index (Phi) is 3.02. The van der Waals surface area contributed by atoms with Gasteiger partial charge in [-0.3, -0.25) is 0 Å². The van der Waals surface area contributed by atoms with E-state index in [1.54, 1.807) is 0 Å². The molecule has 4 rings (SSSR count). The predicted octanol–water partition coefficient (Wildman–Crippen LogP) is 3.21. The van der Waals surface area contributed by atoms with Crippen molar-refractivity contribution in [3.8, 4) is 6.07 Å². The maximum atomic E-state index is 9.37. The lowest BCUT2D eigenvalue weighted by Crippen LogP contribution is -2.07. The van der Waals surface area contributed by atoms with E-state index in [1.165, 1.54) is 0 Å². The summed E-state index contributed by atoms with van der Waals surface area (Å²) in [7, 11) is 0. The molecule has 23 heavy (non-hydrogen) atoms. The largest absolute Gasteiger partial charge is 0.309 e. The van der Waals surface area contributed by atoms with Crippen LogP contribution in [0.2, 0.25) is 0 Å². The van der Waals surface area contributed by atoms with Crippen LogP contribution < -0.4 is 0 Å². The van der Waals surface area contributed by atoms with Gasteiger partial charge in [-0.25, -0.2) is 15.0 Å². The number of nitrogens with zero attached hydrogens (tertiary/aromatic N) is 5. The number of hydrogen-bond acceptors (Lipinski definition) is 4. The molecule has 0 bridgehead atoms. The molecule has 2 heterocycles. The van der Waals surface area contributed by atoms with Crippen molar-refractivity contribution in [2.75, 3.05) is 0 Å². The zero-order valence-corrected chi connectivity index (χ0v) is 12.6. The minimum Gasteiger partial charge on any atom is -0.309 e. The Morgan fingerprint density at radius 2 is 1.57 bits per heavy atom. The van der Waals surface area contributed by atoms with Crippen LogP contribution in [-0.2, 0) is 6.54 Å². The van der Waals surface area contributed by atoms with E-state index in [-0.39, 0.29) is 0 Å². The molecule has 2 aromatic heterocycles. The third-order valence-electron chi connectivity index (χ3n) is 3.91. The van der Waals surface area contributed by atoms with Crippen LogP contribution in [0, 0.1) is 18.3 Å². The summed E-state index contributed by atoms with van der Waals surface area (Å²) in [5.41, 5.74) is 5.20. The number of benzene rings is 2. The number of rotatable bonds is 2. The molecule has 0 radical (unpaired) electrons. The first-order valence-electron chi connectivity index (χ1n) is 7.34. The molecule has 0 N–H and O–H groups in total. The molecule has 0 unspecified atom stereocenters. The number of aromatic nitrogens is 4. The first-order valence-corrected chi connectivity index (χ1v) is 7.34. The van der Waals surface area contributed by atoms with E-state index >= 15 is 0 Å². The lowest BCUT2D eigenvalue weighted by Gasteiger charge is -2.09. The molecule has 0 aliphatic rings. The van der Waals surface area contributed by atoms with Gasteiger partial charge in [0.1, 0.15) is 6.07 Å². The molecule has 0 atom stereocenters. The molecule has 110 valence electrons. The molecule has 0 aliphatic heterocycles. The van der Waals surface area contributed by atoms with Gasteiger partial charge in [-0.15, -0.1) is 0 Å². The monoisotopic (exact) mass is 299 g/mol. The summed E-state index contributed by atoms with van der Waals surface area (Å²) >= 11 is 0. The van der Waals surface area contributed by atoms with E-state index in [2.05, 4.69) is 16.0 Å². The number of hydrogen-bond donors (Lipinski definition) is 0. The fraction of sp³-hybridized carbons (Fsp3) is 0.111. The summed E-state index contributed by atoms with van der Waals surface area (Å²) < 4.78 is 1.89. The summed E-state index contributed by atoms with van der Waals surface area (Å²) in [6, 6.07) is 17.7. The van der Waals surface area contributed by atoms with Crippen LogP contribution in [0.5, 0.6) is 0 Å². The topological polar surface area (TPSA) is 67.4 Å². The van der Waals surface area contributed by atoms with Gasteiger partial charge in [0.2, 0.25) is 5.82 Å². The Labute approximate surface area is 132 Å². The van der Waals surface area contributed by atoms with Crippen molar-refractivity contribution in [1.29, 1.82) is 5.26 Å².